The molecular weight excluding hydrogens is 474 g/mol. The first-order valence-corrected chi connectivity index (χ1v) is 11.3. The number of halogens is 2. The van der Waals surface area contributed by atoms with Crippen molar-refractivity contribution in [3.05, 3.63) is 50.4 Å². The van der Waals surface area contributed by atoms with Crippen molar-refractivity contribution >= 4 is 55.1 Å². The Morgan fingerprint density at radius 1 is 1.28 bits per heavy atom. The van der Waals surface area contributed by atoms with E-state index < -0.39 is 17.7 Å². The summed E-state index contributed by atoms with van der Waals surface area (Å²) in [5, 5.41) is 0.651. The van der Waals surface area contributed by atoms with Gasteiger partial charge in [-0.25, -0.2) is 9.78 Å². The molecule has 0 aliphatic heterocycles. The molecule has 0 saturated carbocycles. The van der Waals surface area contributed by atoms with Gasteiger partial charge in [0.1, 0.15) is 0 Å². The summed E-state index contributed by atoms with van der Waals surface area (Å²) < 4.78 is 13.4. The van der Waals surface area contributed by atoms with Crippen molar-refractivity contribution in [2.24, 2.45) is 0 Å². The largest absolute Gasteiger partial charge is 0.464 e. The lowest BCUT2D eigenvalue weighted by Gasteiger charge is -2.29. The van der Waals surface area contributed by atoms with Crippen LogP contribution in [0.3, 0.4) is 0 Å². The van der Waals surface area contributed by atoms with Crippen molar-refractivity contribution in [3.63, 3.8) is 0 Å². The maximum atomic E-state index is 13.0. The number of aromatic nitrogens is 1. The fourth-order valence-corrected chi connectivity index (χ4v) is 4.88. The second kappa shape index (κ2) is 8.72. The Labute approximate surface area is 188 Å². The molecule has 0 saturated heterocycles. The molecule has 0 bridgehead atoms. The monoisotopic (exact) mass is 495 g/mol. The van der Waals surface area contributed by atoms with E-state index >= 15 is 0 Å². The summed E-state index contributed by atoms with van der Waals surface area (Å²) in [6.45, 7) is 9.84. The summed E-state index contributed by atoms with van der Waals surface area (Å²) in [5.74, 6) is -0.399. The predicted octanol–water partition coefficient (Wildman–Crippen LogP) is 7.11. The van der Waals surface area contributed by atoms with Crippen LogP contribution in [0.1, 0.15) is 44.9 Å². The van der Waals surface area contributed by atoms with Gasteiger partial charge in [0.25, 0.3) is 0 Å². The van der Waals surface area contributed by atoms with Gasteiger partial charge in [-0.3, -0.25) is 0 Å². The third-order valence-electron chi connectivity index (χ3n) is 4.27. The van der Waals surface area contributed by atoms with Crippen LogP contribution < -0.4 is 0 Å². The number of hydrogen-bond acceptors (Lipinski definition) is 5. The molecule has 1 unspecified atom stereocenters. The van der Waals surface area contributed by atoms with Crippen LogP contribution in [0.15, 0.2) is 34.2 Å². The number of esters is 1. The average molecular weight is 497 g/mol. The Hall–Kier alpha value is -1.47. The van der Waals surface area contributed by atoms with Gasteiger partial charge in [0.15, 0.2) is 10.0 Å². The van der Waals surface area contributed by atoms with Gasteiger partial charge in [0.2, 0.25) is 0 Å². The minimum Gasteiger partial charge on any atom is -0.464 e. The Balaban J connectivity index is 2.34. The van der Waals surface area contributed by atoms with Crippen LogP contribution in [0.5, 0.6) is 0 Å². The second-order valence-corrected chi connectivity index (χ2v) is 10.4. The lowest BCUT2D eigenvalue weighted by atomic mass is 9.91. The predicted molar refractivity (Wildman–Crippen MR) is 123 cm³/mol. The van der Waals surface area contributed by atoms with E-state index in [0.29, 0.717) is 5.02 Å². The van der Waals surface area contributed by atoms with Crippen LogP contribution in [0.25, 0.3) is 21.3 Å². The molecule has 1 aromatic heterocycles. The zero-order chi connectivity index (χ0) is 21.3. The van der Waals surface area contributed by atoms with Crippen LogP contribution in [0, 0.1) is 6.92 Å². The molecule has 7 heteroatoms. The van der Waals surface area contributed by atoms with Crippen LogP contribution in [-0.2, 0) is 14.3 Å². The standard InChI is InChI=1S/C22H23BrClNO3S/c1-6-27-20(26)18(28-22(3,4)5)16-12(2)11-15-19(29-21(23)25-15)17(16)13-7-9-14(24)10-8-13/h7-11,18H,6H2,1-5H3. The number of nitrogens with zero attached hydrogens (tertiary/aromatic N) is 1. The van der Waals surface area contributed by atoms with Crippen LogP contribution in [0.4, 0.5) is 0 Å². The summed E-state index contributed by atoms with van der Waals surface area (Å²) in [6.07, 6.45) is -0.856. The number of aryl methyl sites for hydroxylation is 1. The van der Waals surface area contributed by atoms with Gasteiger partial charge < -0.3 is 9.47 Å². The number of benzene rings is 2. The highest BCUT2D eigenvalue weighted by atomic mass is 79.9. The number of rotatable bonds is 5. The molecule has 0 aliphatic rings. The normalized spacial score (nSPS) is 12.9. The van der Waals surface area contributed by atoms with E-state index in [1.165, 1.54) is 11.3 Å². The molecule has 3 rings (SSSR count). The first kappa shape index (κ1) is 22.2. The Bertz CT molecular complexity index is 1040. The van der Waals surface area contributed by atoms with Crippen molar-refractivity contribution in [2.75, 3.05) is 6.61 Å². The molecule has 3 aromatic rings. The smallest absolute Gasteiger partial charge is 0.339 e. The van der Waals surface area contributed by atoms with E-state index in [4.69, 9.17) is 21.1 Å². The van der Waals surface area contributed by atoms with Gasteiger partial charge in [0, 0.05) is 16.1 Å². The molecule has 0 fully saturated rings. The maximum absolute atomic E-state index is 13.0. The molecule has 29 heavy (non-hydrogen) atoms. The zero-order valence-corrected chi connectivity index (χ0v) is 20.2. The van der Waals surface area contributed by atoms with Gasteiger partial charge >= 0.3 is 5.97 Å². The molecule has 0 amide bonds. The van der Waals surface area contributed by atoms with Crippen LogP contribution in [0.2, 0.25) is 5.02 Å². The number of carbonyl (C=O) groups excluding carboxylic acids is 1. The number of fused-ring (bicyclic) bond motifs is 1. The molecule has 4 nitrogen and oxygen atoms in total. The third kappa shape index (κ3) is 5.00. The molecule has 1 heterocycles. The molecule has 0 aliphatic carbocycles. The highest BCUT2D eigenvalue weighted by Crippen LogP contribution is 2.43. The number of carbonyl (C=O) groups is 1. The topological polar surface area (TPSA) is 48.4 Å². The van der Waals surface area contributed by atoms with Crippen LogP contribution >= 0.6 is 38.9 Å². The molecule has 154 valence electrons. The molecule has 0 spiro atoms. The number of ether oxygens (including phenoxy) is 2. The van der Waals surface area contributed by atoms with E-state index in [2.05, 4.69) is 20.9 Å². The average Bonchev–Trinajstić information content (AvgIpc) is 2.98. The lowest BCUT2D eigenvalue weighted by molar-refractivity contribution is -0.166. The Kier molecular flexibility index (Phi) is 6.68. The van der Waals surface area contributed by atoms with Crippen LogP contribution in [-0.4, -0.2) is 23.2 Å². The minimum atomic E-state index is -0.856. The summed E-state index contributed by atoms with van der Waals surface area (Å²) in [7, 11) is 0. The Morgan fingerprint density at radius 3 is 2.52 bits per heavy atom. The third-order valence-corrected chi connectivity index (χ3v) is 6.06. The van der Waals surface area contributed by atoms with E-state index in [1.54, 1.807) is 6.92 Å². The van der Waals surface area contributed by atoms with Crippen molar-refractivity contribution < 1.29 is 14.3 Å². The SMILES string of the molecule is CCOC(=O)C(OC(C)(C)C)c1c(C)cc2nc(Br)sc2c1-c1ccc(Cl)cc1. The highest BCUT2D eigenvalue weighted by Gasteiger charge is 2.33. The minimum absolute atomic E-state index is 0.284. The van der Waals surface area contributed by atoms with E-state index in [-0.39, 0.29) is 6.61 Å². The highest BCUT2D eigenvalue weighted by molar-refractivity contribution is 9.11. The number of thiazole rings is 1. The van der Waals surface area contributed by atoms with Gasteiger partial charge in [0.05, 0.1) is 22.4 Å². The fraction of sp³-hybridized carbons (Fsp3) is 0.364. The van der Waals surface area contributed by atoms with Crippen molar-refractivity contribution in [1.82, 2.24) is 4.98 Å². The van der Waals surface area contributed by atoms with Gasteiger partial charge in [-0.05, 0) is 79.9 Å². The van der Waals surface area contributed by atoms with E-state index in [0.717, 1.165) is 36.4 Å². The molecule has 1 atom stereocenters. The second-order valence-electron chi connectivity index (χ2n) is 7.67. The quantitative estimate of drug-likeness (QED) is 0.353. The Morgan fingerprint density at radius 2 is 1.93 bits per heavy atom. The van der Waals surface area contributed by atoms with Crippen molar-refractivity contribution in [1.29, 1.82) is 0 Å². The number of hydrogen-bond donors (Lipinski definition) is 0. The first-order valence-electron chi connectivity index (χ1n) is 9.30. The zero-order valence-electron chi connectivity index (χ0n) is 17.0. The fourth-order valence-electron chi connectivity index (χ4n) is 3.22. The first-order chi connectivity index (χ1) is 13.6. The summed E-state index contributed by atoms with van der Waals surface area (Å²) in [6, 6.07) is 9.58. The summed E-state index contributed by atoms with van der Waals surface area (Å²) in [4.78, 5) is 17.5. The van der Waals surface area contributed by atoms with Gasteiger partial charge in [-0.2, -0.15) is 0 Å². The van der Waals surface area contributed by atoms with E-state index in [1.807, 2.05) is 58.0 Å². The van der Waals surface area contributed by atoms with E-state index in [9.17, 15) is 4.79 Å². The lowest BCUT2D eigenvalue weighted by Crippen LogP contribution is -2.29. The molecule has 0 radical (unpaired) electrons. The van der Waals surface area contributed by atoms with Crippen molar-refractivity contribution in [2.45, 2.75) is 46.3 Å². The maximum Gasteiger partial charge on any atom is 0.339 e. The molecule has 2 aromatic carbocycles. The molecular formula is C22H23BrClNO3S. The summed E-state index contributed by atoms with van der Waals surface area (Å²) >= 11 is 11.1. The summed E-state index contributed by atoms with van der Waals surface area (Å²) in [5.41, 5.74) is 3.91. The van der Waals surface area contributed by atoms with Crippen molar-refractivity contribution in [3.8, 4) is 11.1 Å². The molecule has 0 N–H and O–H groups in total. The van der Waals surface area contributed by atoms with Gasteiger partial charge in [-0.15, -0.1) is 11.3 Å². The van der Waals surface area contributed by atoms with Gasteiger partial charge in [-0.1, -0.05) is 23.7 Å².